The molecular weight excluding hydrogens is 268 g/mol. The van der Waals surface area contributed by atoms with Crippen LogP contribution in [0.5, 0.6) is 0 Å². The smallest absolute Gasteiger partial charge is 0.212 e. The molecule has 0 unspecified atom stereocenters. The number of rotatable bonds is 5. The lowest BCUT2D eigenvalue weighted by Gasteiger charge is -2.29. The van der Waals surface area contributed by atoms with Gasteiger partial charge in [0.25, 0.3) is 0 Å². The molecule has 6 heteroatoms. The van der Waals surface area contributed by atoms with E-state index in [-0.39, 0.29) is 11.8 Å². The predicted octanol–water partition coefficient (Wildman–Crippen LogP) is 1.21. The van der Waals surface area contributed by atoms with Gasteiger partial charge in [0.1, 0.15) is 0 Å². The average Bonchev–Trinajstić information content (AvgIpc) is 2.83. The molecule has 2 heterocycles. The van der Waals surface area contributed by atoms with Crippen LogP contribution in [0, 0.1) is 5.92 Å². The molecule has 2 rings (SSSR count). The molecule has 2 N–H and O–H groups in total. The summed E-state index contributed by atoms with van der Waals surface area (Å²) >= 11 is 1.61. The fourth-order valence-corrected chi connectivity index (χ4v) is 4.35. The van der Waals surface area contributed by atoms with E-state index >= 15 is 0 Å². The zero-order valence-electron chi connectivity index (χ0n) is 10.6. The van der Waals surface area contributed by atoms with Gasteiger partial charge in [0.2, 0.25) is 10.0 Å². The standard InChI is InChI=1S/C12H20N2O2S2/c1-10-4-6-13-9-12(10)14-18(15,16)8-5-11-3-2-7-17-11/h2-3,7,10,12-14H,4-6,8-9H2,1H3/t10-,12+/m1/s1. The van der Waals surface area contributed by atoms with Gasteiger partial charge >= 0.3 is 0 Å². The van der Waals surface area contributed by atoms with Gasteiger partial charge in [-0.3, -0.25) is 0 Å². The van der Waals surface area contributed by atoms with E-state index in [9.17, 15) is 8.42 Å². The first-order valence-corrected chi connectivity index (χ1v) is 8.83. The Labute approximate surface area is 113 Å². The number of hydrogen-bond acceptors (Lipinski definition) is 4. The van der Waals surface area contributed by atoms with E-state index in [2.05, 4.69) is 17.0 Å². The summed E-state index contributed by atoms with van der Waals surface area (Å²) in [6.07, 6.45) is 1.62. The first-order chi connectivity index (χ1) is 8.57. The molecular formula is C12H20N2O2S2. The monoisotopic (exact) mass is 288 g/mol. The highest BCUT2D eigenvalue weighted by molar-refractivity contribution is 7.89. The minimum absolute atomic E-state index is 0.0343. The van der Waals surface area contributed by atoms with E-state index < -0.39 is 10.0 Å². The van der Waals surface area contributed by atoms with Crippen LogP contribution >= 0.6 is 11.3 Å². The molecule has 0 aliphatic carbocycles. The van der Waals surface area contributed by atoms with E-state index in [0.717, 1.165) is 24.4 Å². The molecule has 1 aromatic rings. The molecule has 1 aliphatic rings. The molecule has 1 aliphatic heterocycles. The normalized spacial score (nSPS) is 25.2. The Morgan fingerprint density at radius 2 is 2.39 bits per heavy atom. The van der Waals surface area contributed by atoms with Crippen LogP contribution in [-0.2, 0) is 16.4 Å². The summed E-state index contributed by atoms with van der Waals surface area (Å²) in [5.41, 5.74) is 0. The Morgan fingerprint density at radius 1 is 1.56 bits per heavy atom. The molecule has 0 saturated carbocycles. The minimum Gasteiger partial charge on any atom is -0.315 e. The maximum Gasteiger partial charge on any atom is 0.212 e. The highest BCUT2D eigenvalue weighted by Crippen LogP contribution is 2.13. The van der Waals surface area contributed by atoms with Crippen molar-refractivity contribution >= 4 is 21.4 Å². The third kappa shape index (κ3) is 4.05. The second-order valence-corrected chi connectivity index (χ2v) is 7.75. The molecule has 0 bridgehead atoms. The summed E-state index contributed by atoms with van der Waals surface area (Å²) in [7, 11) is -3.17. The largest absolute Gasteiger partial charge is 0.315 e. The van der Waals surface area contributed by atoms with Crippen molar-refractivity contribution in [1.82, 2.24) is 10.0 Å². The van der Waals surface area contributed by atoms with Crippen molar-refractivity contribution in [3.63, 3.8) is 0 Å². The Morgan fingerprint density at radius 3 is 3.06 bits per heavy atom. The number of sulfonamides is 1. The van der Waals surface area contributed by atoms with Crippen molar-refractivity contribution in [2.45, 2.75) is 25.8 Å². The van der Waals surface area contributed by atoms with Crippen LogP contribution in [0.1, 0.15) is 18.2 Å². The van der Waals surface area contributed by atoms with Crippen LogP contribution in [0.2, 0.25) is 0 Å². The predicted molar refractivity (Wildman–Crippen MR) is 75.4 cm³/mol. The number of thiophene rings is 1. The Kier molecular flexibility index (Phi) is 4.77. The Balaban J connectivity index is 1.86. The van der Waals surface area contributed by atoms with Crippen LogP contribution in [0.25, 0.3) is 0 Å². The van der Waals surface area contributed by atoms with Gasteiger partial charge in [0, 0.05) is 17.5 Å². The first-order valence-electron chi connectivity index (χ1n) is 6.30. The van der Waals surface area contributed by atoms with Gasteiger partial charge in [0.05, 0.1) is 5.75 Å². The molecule has 0 aromatic carbocycles. The third-order valence-electron chi connectivity index (χ3n) is 3.36. The SMILES string of the molecule is C[C@@H]1CCNC[C@@H]1NS(=O)(=O)CCc1cccs1. The van der Waals surface area contributed by atoms with Crippen molar-refractivity contribution in [2.75, 3.05) is 18.8 Å². The molecule has 18 heavy (non-hydrogen) atoms. The Hall–Kier alpha value is -0.430. The highest BCUT2D eigenvalue weighted by Gasteiger charge is 2.25. The molecule has 1 aromatic heterocycles. The van der Waals surface area contributed by atoms with E-state index in [1.165, 1.54) is 0 Å². The van der Waals surface area contributed by atoms with Gasteiger partial charge in [0.15, 0.2) is 0 Å². The fraction of sp³-hybridized carbons (Fsp3) is 0.667. The number of piperidine rings is 1. The van der Waals surface area contributed by atoms with Gasteiger partial charge in [-0.1, -0.05) is 13.0 Å². The highest BCUT2D eigenvalue weighted by atomic mass is 32.2. The van der Waals surface area contributed by atoms with E-state index in [4.69, 9.17) is 0 Å². The summed E-state index contributed by atoms with van der Waals surface area (Å²) in [4.78, 5) is 1.12. The van der Waals surface area contributed by atoms with Crippen LogP contribution in [0.4, 0.5) is 0 Å². The molecule has 0 amide bonds. The van der Waals surface area contributed by atoms with Crippen LogP contribution in [0.15, 0.2) is 17.5 Å². The zero-order chi connectivity index (χ0) is 13.0. The lowest BCUT2D eigenvalue weighted by molar-refractivity contribution is 0.327. The van der Waals surface area contributed by atoms with Crippen molar-refractivity contribution in [1.29, 1.82) is 0 Å². The van der Waals surface area contributed by atoms with Crippen LogP contribution in [0.3, 0.4) is 0 Å². The van der Waals surface area contributed by atoms with E-state index in [0.29, 0.717) is 12.3 Å². The van der Waals surface area contributed by atoms with Crippen molar-refractivity contribution in [3.8, 4) is 0 Å². The minimum atomic E-state index is -3.17. The molecule has 4 nitrogen and oxygen atoms in total. The zero-order valence-corrected chi connectivity index (χ0v) is 12.2. The van der Waals surface area contributed by atoms with Gasteiger partial charge in [-0.2, -0.15) is 0 Å². The van der Waals surface area contributed by atoms with Gasteiger partial charge in [-0.05, 0) is 36.8 Å². The summed E-state index contributed by atoms with van der Waals surface area (Å²) in [6.45, 7) is 3.82. The summed E-state index contributed by atoms with van der Waals surface area (Å²) in [6, 6.07) is 3.96. The molecule has 2 atom stereocenters. The second-order valence-electron chi connectivity index (χ2n) is 4.84. The number of aryl methyl sites for hydroxylation is 1. The molecule has 0 radical (unpaired) electrons. The Bertz CT molecular complexity index is 456. The van der Waals surface area contributed by atoms with Gasteiger partial charge in [-0.25, -0.2) is 13.1 Å². The quantitative estimate of drug-likeness (QED) is 0.856. The molecule has 102 valence electrons. The number of hydrogen-bond donors (Lipinski definition) is 2. The summed E-state index contributed by atoms with van der Waals surface area (Å²) in [5.74, 6) is 0.583. The lowest BCUT2D eigenvalue weighted by atomic mass is 9.96. The fourth-order valence-electron chi connectivity index (χ4n) is 2.13. The molecule has 1 fully saturated rings. The van der Waals surface area contributed by atoms with Crippen molar-refractivity contribution in [2.24, 2.45) is 5.92 Å². The van der Waals surface area contributed by atoms with Crippen molar-refractivity contribution < 1.29 is 8.42 Å². The van der Waals surface area contributed by atoms with Crippen LogP contribution in [-0.4, -0.2) is 33.3 Å². The van der Waals surface area contributed by atoms with Crippen LogP contribution < -0.4 is 10.0 Å². The maximum atomic E-state index is 12.0. The van der Waals surface area contributed by atoms with E-state index in [1.807, 2.05) is 17.5 Å². The second kappa shape index (κ2) is 6.14. The first kappa shape index (κ1) is 14.0. The summed E-state index contributed by atoms with van der Waals surface area (Å²) < 4.78 is 26.8. The van der Waals surface area contributed by atoms with Gasteiger partial charge < -0.3 is 5.32 Å². The molecule has 1 saturated heterocycles. The third-order valence-corrected chi connectivity index (χ3v) is 5.70. The van der Waals surface area contributed by atoms with Crippen molar-refractivity contribution in [3.05, 3.63) is 22.4 Å². The average molecular weight is 288 g/mol. The van der Waals surface area contributed by atoms with Gasteiger partial charge in [-0.15, -0.1) is 11.3 Å². The van der Waals surface area contributed by atoms with E-state index in [1.54, 1.807) is 11.3 Å². The lowest BCUT2D eigenvalue weighted by Crippen LogP contribution is -2.50. The number of nitrogens with one attached hydrogen (secondary N) is 2. The maximum absolute atomic E-state index is 12.0. The molecule has 0 spiro atoms. The topological polar surface area (TPSA) is 58.2 Å². The summed E-state index contributed by atoms with van der Waals surface area (Å²) in [5, 5.41) is 5.21.